The minimum Gasteiger partial charge on any atom is -0.370 e. The van der Waals surface area contributed by atoms with Gasteiger partial charge < -0.3 is 48.3 Å². The second-order valence-corrected chi connectivity index (χ2v) is 15.2. The lowest BCUT2D eigenvalue weighted by Gasteiger charge is -2.32. The molecule has 1 saturated carbocycles. The van der Waals surface area contributed by atoms with Gasteiger partial charge in [0.1, 0.15) is 36.3 Å². The van der Waals surface area contributed by atoms with Gasteiger partial charge in [0.15, 0.2) is 5.96 Å². The van der Waals surface area contributed by atoms with Crippen molar-refractivity contribution in [1.82, 2.24) is 36.8 Å². The number of amides is 7. The lowest BCUT2D eigenvalue weighted by molar-refractivity contribution is -0.142. The molecule has 0 bridgehead atoms. The molecule has 0 radical (unpaired) electrons. The molecule has 2 heterocycles. The molecule has 3 aliphatic rings. The predicted octanol–water partition coefficient (Wildman–Crippen LogP) is -0.382. The Bertz CT molecular complexity index is 1560. The Balaban J connectivity index is 1.62. The van der Waals surface area contributed by atoms with E-state index in [1.165, 1.54) is 18.7 Å². The third-order valence-corrected chi connectivity index (χ3v) is 10.7. The van der Waals surface area contributed by atoms with Gasteiger partial charge in [-0.25, -0.2) is 0 Å². The van der Waals surface area contributed by atoms with Crippen molar-refractivity contribution in [2.45, 2.75) is 134 Å². The molecule has 1 aromatic carbocycles. The van der Waals surface area contributed by atoms with Crippen LogP contribution in [0.1, 0.15) is 96.5 Å². The molecule has 2 aliphatic heterocycles. The van der Waals surface area contributed by atoms with Crippen LogP contribution in [0.5, 0.6) is 0 Å². The summed E-state index contributed by atoms with van der Waals surface area (Å²) in [5.74, 6) is -3.46. The van der Waals surface area contributed by atoms with Crippen LogP contribution >= 0.6 is 0 Å². The van der Waals surface area contributed by atoms with Gasteiger partial charge in [0.05, 0.1) is 0 Å². The third kappa shape index (κ3) is 13.5. The van der Waals surface area contributed by atoms with E-state index >= 15 is 0 Å². The first kappa shape index (κ1) is 43.5. The molecule has 6 unspecified atom stereocenters. The Labute approximate surface area is 328 Å². The zero-order chi connectivity index (χ0) is 40.6. The highest BCUT2D eigenvalue weighted by Gasteiger charge is 2.40. The first-order chi connectivity index (χ1) is 26.8. The van der Waals surface area contributed by atoms with Crippen molar-refractivity contribution in [3.63, 3.8) is 0 Å². The summed E-state index contributed by atoms with van der Waals surface area (Å²) in [5, 5.41) is 16.8. The number of nitrogens with zero attached hydrogens (tertiary/aromatic N) is 2. The average molecular weight is 781 g/mol. The van der Waals surface area contributed by atoms with Crippen LogP contribution in [0.15, 0.2) is 35.3 Å². The van der Waals surface area contributed by atoms with Crippen molar-refractivity contribution in [3.8, 4) is 0 Å². The Kier molecular flexibility index (Phi) is 16.9. The zero-order valence-electron chi connectivity index (χ0n) is 32.6. The van der Waals surface area contributed by atoms with E-state index in [0.29, 0.717) is 25.7 Å². The molecule has 4 rings (SSSR count). The summed E-state index contributed by atoms with van der Waals surface area (Å²) in [6.45, 7) is 3.40. The number of nitrogens with one attached hydrogen (secondary N) is 6. The molecule has 56 heavy (non-hydrogen) atoms. The zero-order valence-corrected chi connectivity index (χ0v) is 32.6. The molecule has 17 nitrogen and oxygen atoms in total. The molecule has 7 amide bonds. The molecule has 17 heteroatoms. The summed E-state index contributed by atoms with van der Waals surface area (Å²) in [4.78, 5) is 100. The van der Waals surface area contributed by atoms with Gasteiger partial charge in [-0.05, 0) is 63.4 Å². The fourth-order valence-electron chi connectivity index (χ4n) is 7.68. The van der Waals surface area contributed by atoms with Crippen LogP contribution in [0.4, 0.5) is 0 Å². The predicted molar refractivity (Wildman–Crippen MR) is 209 cm³/mol. The molecule has 1 aromatic rings. The number of aliphatic imine (C=N–C) groups is 1. The van der Waals surface area contributed by atoms with Gasteiger partial charge in [0.2, 0.25) is 41.4 Å². The van der Waals surface area contributed by atoms with Crippen LogP contribution in [-0.4, -0.2) is 108 Å². The van der Waals surface area contributed by atoms with Crippen molar-refractivity contribution >= 4 is 47.3 Å². The number of carbonyl (C=O) groups is 7. The molecule has 2 saturated heterocycles. The number of fused-ring (bicyclic) bond motifs is 1. The van der Waals surface area contributed by atoms with E-state index < -0.39 is 77.6 Å². The normalized spacial score (nSPS) is 25.2. The lowest BCUT2D eigenvalue weighted by atomic mass is 9.84. The summed E-state index contributed by atoms with van der Waals surface area (Å²) in [6.07, 6.45) is 7.30. The smallest absolute Gasteiger partial charge is 0.245 e. The first-order valence-corrected chi connectivity index (χ1v) is 20.0. The molecular formula is C39H60N10O7. The van der Waals surface area contributed by atoms with E-state index in [9.17, 15) is 33.6 Å². The number of hydrogen-bond acceptors (Lipinski definition) is 8. The Morgan fingerprint density at radius 1 is 0.857 bits per heavy atom. The van der Waals surface area contributed by atoms with Crippen molar-refractivity contribution in [2.24, 2.45) is 22.4 Å². The molecule has 308 valence electrons. The standard InChI is InChI=1S/C39H60N10O7/c1-24-33(51)46-28(16-9-20-43-39(40)41)34(52)42-19-10-17-29(47-36(54)30(45-25(2)50)22-26-12-5-3-6-13-26)38(56)49-21-11-18-32(49)37(55)48-31(35(53)44-24)23-27-14-7-4-8-15-27/h3,5-6,12-13,24,27-32H,4,7-11,14-23H2,1-2H3,(H,42,52)(H,44,53)(H,45,50)(H,46,51)(H,47,54)(H,48,55)(H4,40,41,43). The summed E-state index contributed by atoms with van der Waals surface area (Å²) < 4.78 is 0. The number of nitrogens with two attached hydrogens (primary N) is 2. The van der Waals surface area contributed by atoms with E-state index in [1.807, 2.05) is 30.3 Å². The van der Waals surface area contributed by atoms with E-state index in [1.54, 1.807) is 0 Å². The summed E-state index contributed by atoms with van der Waals surface area (Å²) >= 11 is 0. The molecule has 0 aromatic heterocycles. The topological polar surface area (TPSA) is 259 Å². The highest BCUT2D eigenvalue weighted by molar-refractivity contribution is 5.97. The van der Waals surface area contributed by atoms with Crippen LogP contribution < -0.4 is 43.4 Å². The molecular weight excluding hydrogens is 720 g/mol. The first-order valence-electron chi connectivity index (χ1n) is 20.0. The number of benzene rings is 1. The molecule has 10 N–H and O–H groups in total. The average Bonchev–Trinajstić information content (AvgIpc) is 3.67. The Morgan fingerprint density at radius 2 is 1.57 bits per heavy atom. The summed E-state index contributed by atoms with van der Waals surface area (Å²) in [6, 6.07) is 3.18. The third-order valence-electron chi connectivity index (χ3n) is 10.7. The quantitative estimate of drug-likeness (QED) is 0.0826. The van der Waals surface area contributed by atoms with Crippen molar-refractivity contribution in [2.75, 3.05) is 19.6 Å². The molecule has 1 aliphatic carbocycles. The maximum Gasteiger partial charge on any atom is 0.245 e. The van der Waals surface area contributed by atoms with Gasteiger partial charge in [-0.3, -0.25) is 38.6 Å². The van der Waals surface area contributed by atoms with E-state index in [0.717, 1.165) is 37.7 Å². The minimum atomic E-state index is -1.10. The van der Waals surface area contributed by atoms with Crippen LogP contribution in [0.2, 0.25) is 0 Å². The van der Waals surface area contributed by atoms with Gasteiger partial charge in [-0.15, -0.1) is 0 Å². The molecule has 6 atom stereocenters. The number of rotatable bonds is 11. The highest BCUT2D eigenvalue weighted by Crippen LogP contribution is 2.28. The van der Waals surface area contributed by atoms with Crippen LogP contribution in [-0.2, 0) is 40.0 Å². The summed E-state index contributed by atoms with van der Waals surface area (Å²) in [5.41, 5.74) is 11.7. The van der Waals surface area contributed by atoms with Crippen LogP contribution in [0.3, 0.4) is 0 Å². The monoisotopic (exact) mass is 780 g/mol. The van der Waals surface area contributed by atoms with Crippen LogP contribution in [0, 0.1) is 5.92 Å². The van der Waals surface area contributed by atoms with E-state index in [-0.39, 0.29) is 57.2 Å². The van der Waals surface area contributed by atoms with E-state index in [2.05, 4.69) is 36.9 Å². The fraction of sp³-hybridized carbons (Fsp3) is 0.641. The number of guanidine groups is 1. The van der Waals surface area contributed by atoms with Crippen molar-refractivity contribution in [1.29, 1.82) is 0 Å². The second-order valence-electron chi connectivity index (χ2n) is 15.2. The number of carbonyl (C=O) groups excluding carboxylic acids is 7. The van der Waals surface area contributed by atoms with Crippen LogP contribution in [0.25, 0.3) is 0 Å². The summed E-state index contributed by atoms with van der Waals surface area (Å²) in [7, 11) is 0. The second kappa shape index (κ2) is 21.8. The molecule has 3 fully saturated rings. The van der Waals surface area contributed by atoms with E-state index in [4.69, 9.17) is 11.5 Å². The Hall–Kier alpha value is -5.22. The SMILES string of the molecule is CC(=O)NC(Cc1ccccc1)C(=O)NC1CCCNC(=O)C(CCCN=C(N)N)NC(=O)C(C)NC(=O)C(CC2CCCCC2)NC(=O)C2CCCN2C1=O. The minimum absolute atomic E-state index is 0.0942. The van der Waals surface area contributed by atoms with Crippen molar-refractivity contribution < 1.29 is 33.6 Å². The Morgan fingerprint density at radius 3 is 2.27 bits per heavy atom. The van der Waals surface area contributed by atoms with Gasteiger partial charge in [0.25, 0.3) is 0 Å². The number of hydrogen-bond donors (Lipinski definition) is 8. The lowest BCUT2D eigenvalue weighted by Crippen LogP contribution is -2.59. The van der Waals surface area contributed by atoms with Gasteiger partial charge in [0, 0.05) is 33.0 Å². The van der Waals surface area contributed by atoms with Crippen molar-refractivity contribution in [3.05, 3.63) is 35.9 Å². The van der Waals surface area contributed by atoms with Gasteiger partial charge >= 0.3 is 0 Å². The van der Waals surface area contributed by atoms with Gasteiger partial charge in [-0.1, -0.05) is 62.4 Å². The highest BCUT2D eigenvalue weighted by atomic mass is 16.2. The fourth-order valence-corrected chi connectivity index (χ4v) is 7.68. The maximum atomic E-state index is 14.4. The largest absolute Gasteiger partial charge is 0.370 e. The maximum absolute atomic E-state index is 14.4. The van der Waals surface area contributed by atoms with Gasteiger partial charge in [-0.2, -0.15) is 0 Å². The molecule has 0 spiro atoms.